The van der Waals surface area contributed by atoms with Crippen LogP contribution in [0.4, 0.5) is 0 Å². The quantitative estimate of drug-likeness (QED) is 0.133. The van der Waals surface area contributed by atoms with Gasteiger partial charge < -0.3 is 19.6 Å². The summed E-state index contributed by atoms with van der Waals surface area (Å²) in [6, 6.07) is 15.0. The first-order valence-electron chi connectivity index (χ1n) is 19.0. The molecule has 0 radical (unpaired) electrons. The predicted octanol–water partition coefficient (Wildman–Crippen LogP) is 9.44. The number of benzene rings is 2. The third kappa shape index (κ3) is 11.7. The van der Waals surface area contributed by atoms with Crippen molar-refractivity contribution in [3.63, 3.8) is 0 Å². The molecular formula is C43H74N4. The molecule has 0 heterocycles. The maximum Gasteiger partial charge on any atom is 0.0215 e. The summed E-state index contributed by atoms with van der Waals surface area (Å²) >= 11 is 0. The molecule has 0 unspecified atom stereocenters. The fourth-order valence-corrected chi connectivity index (χ4v) is 7.38. The van der Waals surface area contributed by atoms with Crippen molar-refractivity contribution in [3.05, 3.63) is 58.7 Å². The zero-order valence-electron chi connectivity index (χ0n) is 33.1. The molecule has 4 nitrogen and oxygen atoms in total. The third-order valence-corrected chi connectivity index (χ3v) is 10.7. The lowest BCUT2D eigenvalue weighted by atomic mass is 9.69. The van der Waals surface area contributed by atoms with Crippen molar-refractivity contribution in [2.24, 2.45) is 0 Å². The average molecular weight is 647 g/mol. The van der Waals surface area contributed by atoms with Gasteiger partial charge in [-0.25, -0.2) is 0 Å². The number of nitrogens with zero attached hydrogens (tertiary/aromatic N) is 4. The Morgan fingerprint density at radius 3 is 1.15 bits per heavy atom. The van der Waals surface area contributed by atoms with E-state index in [1.165, 1.54) is 99.6 Å². The van der Waals surface area contributed by atoms with Crippen molar-refractivity contribution < 1.29 is 0 Å². The van der Waals surface area contributed by atoms with Crippen molar-refractivity contribution in [2.75, 3.05) is 81.6 Å². The second-order valence-electron chi connectivity index (χ2n) is 17.6. The molecule has 0 amide bonds. The number of rotatable bonds is 20. The fraction of sp³-hybridized carbons (Fsp3) is 0.721. The molecule has 0 saturated carbocycles. The van der Waals surface area contributed by atoms with E-state index in [2.05, 4.69) is 140 Å². The zero-order valence-corrected chi connectivity index (χ0v) is 33.1. The molecule has 0 bridgehead atoms. The molecule has 0 aromatic heterocycles. The number of unbranched alkanes of at least 4 members (excludes halogenated alkanes) is 6. The van der Waals surface area contributed by atoms with Crippen LogP contribution >= 0.6 is 0 Å². The molecule has 2 aromatic rings. The van der Waals surface area contributed by atoms with E-state index in [1.54, 1.807) is 11.1 Å². The van der Waals surface area contributed by atoms with Crippen LogP contribution in [0, 0.1) is 0 Å². The second-order valence-corrected chi connectivity index (χ2v) is 17.6. The Labute approximate surface area is 292 Å². The first-order chi connectivity index (χ1) is 22.0. The summed E-state index contributed by atoms with van der Waals surface area (Å²) < 4.78 is 0. The van der Waals surface area contributed by atoms with Gasteiger partial charge in [0.2, 0.25) is 0 Å². The van der Waals surface area contributed by atoms with E-state index in [4.69, 9.17) is 0 Å². The highest BCUT2D eigenvalue weighted by atomic mass is 15.2. The largest absolute Gasteiger partial charge is 0.308 e. The van der Waals surface area contributed by atoms with Crippen LogP contribution in [0.25, 0.3) is 11.1 Å². The van der Waals surface area contributed by atoms with Gasteiger partial charge in [0.05, 0.1) is 0 Å². The summed E-state index contributed by atoms with van der Waals surface area (Å²) in [5.41, 5.74) is 9.59. The summed E-state index contributed by atoms with van der Waals surface area (Å²) in [6.07, 6.45) is 13.0. The van der Waals surface area contributed by atoms with E-state index in [0.717, 1.165) is 26.2 Å². The van der Waals surface area contributed by atoms with E-state index in [1.807, 2.05) is 0 Å². The zero-order chi connectivity index (χ0) is 34.8. The number of hydrogen-bond acceptors (Lipinski definition) is 4. The second kappa shape index (κ2) is 17.8. The summed E-state index contributed by atoms with van der Waals surface area (Å²) in [4.78, 5) is 9.59. The molecular weight excluding hydrogens is 573 g/mol. The highest BCUT2D eigenvalue weighted by Crippen LogP contribution is 2.55. The van der Waals surface area contributed by atoms with Crippen LogP contribution < -0.4 is 0 Å². The molecule has 1 aliphatic rings. The SMILES string of the molecule is CN(C)CCN(C)CCCCCCC1(CCCCCCN(C)CCN(C)C)c2cc(C(C)(C)C)ccc2-c2ccc(C(C)(C)C)cc21. The smallest absolute Gasteiger partial charge is 0.0215 e. The standard InChI is InChI=1S/C43H74N4/c1-41(2,3)35-21-23-37-38-24-22-36(42(4,5)6)34-40(38)43(39(37)33-35,25-17-13-15-19-27-46(11)31-29-44(7)8)26-18-14-16-20-28-47(12)32-30-45(9)10/h21-24,33-34H,13-20,25-32H2,1-12H3. The van der Waals surface area contributed by atoms with Crippen LogP contribution in [0.2, 0.25) is 0 Å². The Morgan fingerprint density at radius 2 is 0.809 bits per heavy atom. The van der Waals surface area contributed by atoms with Crippen LogP contribution in [0.15, 0.2) is 36.4 Å². The Balaban J connectivity index is 1.82. The first-order valence-corrected chi connectivity index (χ1v) is 19.0. The van der Waals surface area contributed by atoms with Gasteiger partial charge in [-0.05, 0) is 125 Å². The molecule has 0 spiro atoms. The highest BCUT2D eigenvalue weighted by molar-refractivity contribution is 5.82. The lowest BCUT2D eigenvalue weighted by Crippen LogP contribution is -2.29. The van der Waals surface area contributed by atoms with Gasteiger partial charge in [-0.15, -0.1) is 0 Å². The summed E-state index contributed by atoms with van der Waals surface area (Å²) in [6.45, 7) is 21.3. The van der Waals surface area contributed by atoms with Crippen molar-refractivity contribution in [1.82, 2.24) is 19.6 Å². The first kappa shape index (κ1) is 39.7. The average Bonchev–Trinajstić information content (AvgIpc) is 3.26. The van der Waals surface area contributed by atoms with E-state index in [9.17, 15) is 0 Å². The van der Waals surface area contributed by atoms with Crippen molar-refractivity contribution in [3.8, 4) is 11.1 Å². The van der Waals surface area contributed by atoms with E-state index in [0.29, 0.717) is 0 Å². The number of hydrogen-bond donors (Lipinski definition) is 0. The van der Waals surface area contributed by atoms with Gasteiger partial charge in [0, 0.05) is 31.6 Å². The Hall–Kier alpha value is -1.72. The fourth-order valence-electron chi connectivity index (χ4n) is 7.38. The Bertz CT molecular complexity index is 1120. The summed E-state index contributed by atoms with van der Waals surface area (Å²) in [5, 5.41) is 0. The molecule has 1 aliphatic carbocycles. The molecule has 0 fully saturated rings. The van der Waals surface area contributed by atoms with Crippen LogP contribution in [0.1, 0.15) is 128 Å². The van der Waals surface area contributed by atoms with Crippen molar-refractivity contribution >= 4 is 0 Å². The predicted molar refractivity (Wildman–Crippen MR) is 208 cm³/mol. The van der Waals surface area contributed by atoms with Gasteiger partial charge >= 0.3 is 0 Å². The van der Waals surface area contributed by atoms with E-state index in [-0.39, 0.29) is 16.2 Å². The lowest BCUT2D eigenvalue weighted by molar-refractivity contribution is 0.275. The Morgan fingerprint density at radius 1 is 0.447 bits per heavy atom. The topological polar surface area (TPSA) is 13.0 Å². The lowest BCUT2D eigenvalue weighted by Gasteiger charge is -2.35. The van der Waals surface area contributed by atoms with Gasteiger partial charge in [0.15, 0.2) is 0 Å². The van der Waals surface area contributed by atoms with Crippen LogP contribution in [-0.4, -0.2) is 101 Å². The maximum atomic E-state index is 2.63. The maximum absolute atomic E-state index is 2.63. The van der Waals surface area contributed by atoms with Gasteiger partial charge in [-0.3, -0.25) is 0 Å². The molecule has 0 atom stereocenters. The van der Waals surface area contributed by atoms with Crippen molar-refractivity contribution in [2.45, 2.75) is 122 Å². The molecule has 3 rings (SSSR count). The number of likely N-dealkylation sites (N-methyl/N-ethyl adjacent to an activating group) is 4. The van der Waals surface area contributed by atoms with Crippen LogP contribution in [0.3, 0.4) is 0 Å². The van der Waals surface area contributed by atoms with Gasteiger partial charge in [0.25, 0.3) is 0 Å². The molecule has 4 heteroatoms. The minimum absolute atomic E-state index is 0.109. The van der Waals surface area contributed by atoms with Crippen molar-refractivity contribution in [1.29, 1.82) is 0 Å². The minimum Gasteiger partial charge on any atom is -0.308 e. The molecule has 0 N–H and O–H groups in total. The molecule has 0 aliphatic heterocycles. The van der Waals surface area contributed by atoms with Gasteiger partial charge in [-0.2, -0.15) is 0 Å². The summed E-state index contributed by atoms with van der Waals surface area (Å²) in [7, 11) is 13.3. The summed E-state index contributed by atoms with van der Waals surface area (Å²) in [5.74, 6) is 0. The van der Waals surface area contributed by atoms with Crippen LogP contribution in [0.5, 0.6) is 0 Å². The Kier molecular flexibility index (Phi) is 15.0. The monoisotopic (exact) mass is 647 g/mol. The highest BCUT2D eigenvalue weighted by Gasteiger charge is 2.43. The number of fused-ring (bicyclic) bond motifs is 3. The molecule has 266 valence electrons. The molecule has 2 aromatic carbocycles. The van der Waals surface area contributed by atoms with Crippen LogP contribution in [-0.2, 0) is 16.2 Å². The van der Waals surface area contributed by atoms with E-state index < -0.39 is 0 Å². The molecule has 47 heavy (non-hydrogen) atoms. The normalized spacial score (nSPS) is 14.6. The third-order valence-electron chi connectivity index (χ3n) is 10.7. The molecule has 0 saturated heterocycles. The van der Waals surface area contributed by atoms with Gasteiger partial charge in [0.1, 0.15) is 0 Å². The van der Waals surface area contributed by atoms with Gasteiger partial charge in [-0.1, -0.05) is 116 Å². The van der Waals surface area contributed by atoms with E-state index >= 15 is 0 Å². The minimum atomic E-state index is 0.109.